The number of epoxide rings is 1. The van der Waals surface area contributed by atoms with Gasteiger partial charge in [-0.05, 0) is 101 Å². The number of imide groups is 1. The van der Waals surface area contributed by atoms with Crippen molar-refractivity contribution < 1.29 is 71.9 Å². The van der Waals surface area contributed by atoms with Crippen LogP contribution in [0, 0.1) is 11.8 Å². The number of anilines is 2. The molecule has 0 aliphatic carbocycles. The average molecular weight is 1200 g/mol. The average Bonchev–Trinajstić information content (AvgIpc) is 2.05. The molecule has 4 aliphatic rings. The van der Waals surface area contributed by atoms with Crippen molar-refractivity contribution in [1.29, 1.82) is 0 Å². The number of nitrogens with one attached hydrogen (secondary N) is 5. The number of urea groups is 1. The van der Waals surface area contributed by atoms with Crippen LogP contribution in [0.2, 0.25) is 5.02 Å². The Morgan fingerprint density at radius 1 is 0.976 bits per heavy atom. The van der Waals surface area contributed by atoms with Crippen molar-refractivity contribution in [2.75, 3.05) is 58.2 Å². The van der Waals surface area contributed by atoms with E-state index in [1.165, 1.54) is 69.5 Å². The van der Waals surface area contributed by atoms with Gasteiger partial charge in [-0.25, -0.2) is 14.4 Å². The largest absolute Gasteiger partial charge is 0.495 e. The minimum Gasteiger partial charge on any atom is -0.495 e. The van der Waals surface area contributed by atoms with Crippen molar-refractivity contribution >= 4 is 76.5 Å². The fourth-order valence-electron chi connectivity index (χ4n) is 10.7. The minimum atomic E-state index is -1.86. The number of fused-ring (bicyclic) bond motifs is 5. The van der Waals surface area contributed by atoms with Gasteiger partial charge in [0.2, 0.25) is 17.7 Å². The van der Waals surface area contributed by atoms with E-state index in [0.717, 1.165) is 16.0 Å². The molecule has 4 bridgehead atoms. The highest BCUT2D eigenvalue weighted by molar-refractivity contribution is 6.34. The maximum Gasteiger partial charge on any atom is 0.409 e. The van der Waals surface area contributed by atoms with Gasteiger partial charge in [-0.15, -0.1) is 0 Å². The topological polar surface area (TPSA) is 319 Å². The molecule has 24 nitrogen and oxygen atoms in total. The minimum absolute atomic E-state index is 0.0619. The first-order valence-electron chi connectivity index (χ1n) is 28.6. The van der Waals surface area contributed by atoms with Crippen LogP contribution in [-0.2, 0) is 54.1 Å². The molecule has 0 aromatic heterocycles. The number of hydrogen-bond donors (Lipinski definition) is 7. The van der Waals surface area contributed by atoms with Gasteiger partial charge in [-0.1, -0.05) is 62.6 Å². The molecule has 0 unspecified atom stereocenters. The van der Waals surface area contributed by atoms with Gasteiger partial charge in [0, 0.05) is 89.4 Å². The number of ether oxygens (including phenoxy) is 5. The number of aliphatic hydroxyl groups is 1. The zero-order chi connectivity index (χ0) is 62.5. The number of rotatable bonds is 22. The third-order valence-corrected chi connectivity index (χ3v) is 16.3. The number of esters is 1. The molecule has 0 radical (unpaired) electrons. The lowest BCUT2D eigenvalue weighted by molar-refractivity contribution is -0.157. The zero-order valence-electron chi connectivity index (χ0n) is 50.0. The summed E-state index contributed by atoms with van der Waals surface area (Å²) in [4.78, 5) is 122. The first-order valence-corrected chi connectivity index (χ1v) is 29.0. The number of likely N-dealkylation sites (N-methyl/N-ethyl adjacent to an activating group) is 1. The molecule has 10 atom stereocenters. The molecular weight excluding hydrogens is 1120 g/mol. The molecule has 6 rings (SSSR count). The molecule has 85 heavy (non-hydrogen) atoms. The molecule has 464 valence electrons. The Morgan fingerprint density at radius 3 is 2.32 bits per heavy atom. The molecule has 25 heteroatoms. The molecule has 4 heterocycles. The summed E-state index contributed by atoms with van der Waals surface area (Å²) in [6.07, 6.45) is 6.05. The van der Waals surface area contributed by atoms with E-state index >= 15 is 0 Å². The van der Waals surface area contributed by atoms with Gasteiger partial charge in [0.25, 0.3) is 17.7 Å². The second kappa shape index (κ2) is 29.5. The van der Waals surface area contributed by atoms with Crippen molar-refractivity contribution in [1.82, 2.24) is 31.1 Å². The fraction of sp³-hybridized carbons (Fsp3) is 0.550. The van der Waals surface area contributed by atoms with Crippen LogP contribution in [0.3, 0.4) is 0 Å². The number of amides is 9. The Labute approximate surface area is 500 Å². The van der Waals surface area contributed by atoms with Gasteiger partial charge in [0.1, 0.15) is 52.8 Å². The summed E-state index contributed by atoms with van der Waals surface area (Å²) >= 11 is 6.93. The number of methoxy groups -OCH3 is 2. The summed E-state index contributed by atoms with van der Waals surface area (Å²) in [6, 6.07) is 5.64. The number of allylic oxidation sites excluding steroid dienone is 3. The Bertz CT molecular complexity index is 2880. The molecule has 2 fully saturated rings. The molecule has 8 N–H and O–H groups in total. The first kappa shape index (κ1) is 66.6. The highest BCUT2D eigenvalue weighted by Gasteiger charge is 2.64. The monoisotopic (exact) mass is 1200 g/mol. The van der Waals surface area contributed by atoms with Crippen molar-refractivity contribution in [2.45, 2.75) is 153 Å². The number of alkyl carbamates (subject to hydrolysis) is 1. The van der Waals surface area contributed by atoms with E-state index in [1.54, 1.807) is 32.9 Å². The molecule has 0 saturated carbocycles. The smallest absolute Gasteiger partial charge is 0.409 e. The SMILES string of the molecule is COc1cc2cc(c1Cl)N(C)CC[C@H](OC(=O)[C@H](C)N(C)C(=O)c1ccc(NC(=O)[C@H](CCCNC(N)=O)NC(=O)[C@@H](NC(=O)CCCCCN3C(=O)C=CC3=O)C(C)C)cc1)[C@]1(C)O[C@H]1[C@H](C)[C@@H]1C[C@@](O)(NC(=O)O1)[C@H](OC)/C=C/C=C(\C)C2. The zero-order valence-corrected chi connectivity index (χ0v) is 50.7. The summed E-state index contributed by atoms with van der Waals surface area (Å²) in [6.45, 7) is 11.2. The fourth-order valence-corrected chi connectivity index (χ4v) is 11.0. The van der Waals surface area contributed by atoms with Gasteiger partial charge in [0.05, 0.1) is 18.9 Å². The highest BCUT2D eigenvalue weighted by Crippen LogP contribution is 2.49. The van der Waals surface area contributed by atoms with Crippen LogP contribution < -0.4 is 42.0 Å². The summed E-state index contributed by atoms with van der Waals surface area (Å²) < 4.78 is 29.9. The van der Waals surface area contributed by atoms with Gasteiger partial charge < -0.3 is 65.6 Å². The quantitative estimate of drug-likeness (QED) is 0.0360. The number of carbonyl (C=O) groups is 9. The van der Waals surface area contributed by atoms with Crippen molar-refractivity contribution in [2.24, 2.45) is 17.6 Å². The number of nitrogens with zero attached hydrogens (tertiary/aromatic N) is 3. The Balaban J connectivity index is 1.13. The number of halogens is 1. The van der Waals surface area contributed by atoms with E-state index in [2.05, 4.69) is 26.6 Å². The molecule has 4 aliphatic heterocycles. The third kappa shape index (κ3) is 17.3. The van der Waals surface area contributed by atoms with Crippen LogP contribution in [0.4, 0.5) is 21.0 Å². The highest BCUT2D eigenvalue weighted by atomic mass is 35.5. The van der Waals surface area contributed by atoms with E-state index < -0.39 is 102 Å². The Hall–Kier alpha value is -7.54. The number of nitrogens with two attached hydrogens (primary N) is 1. The standard InChI is InChI=1S/C60H82ClN9O15/c1-34(2)51(66-47(71)19-12-11-13-28-70-48(72)24-25-49(70)73)54(75)65-41(17-15-27-63-57(62)78)53(74)64-40-22-20-39(21-23-40)55(76)69(8)37(5)56(77)84-45-26-29-68(7)42-31-38(32-43(81-9)50(42)61)30-35(3)16-14-18-46(82-10)60(80)33-44(83-58(79)67-60)36(4)52-59(45,6)85-52/h14,16,18,20-25,31-32,34,36-37,41,44-46,51-52,80H,11-13,15,17,19,26-30,33H2,1-10H3,(H,64,74)(H,65,75)(H,66,71)(H,67,79)(H3,62,63,78)/b18-14+,35-16+/t36-,37+,41+,44+,45+,46-,51+,52+,59+,60+/m1/s1. The molecule has 2 aromatic carbocycles. The normalized spacial score (nSPS) is 25.2. The van der Waals surface area contributed by atoms with E-state index in [0.29, 0.717) is 48.7 Å². The molecule has 0 spiro atoms. The lowest BCUT2D eigenvalue weighted by atomic mass is 9.83. The Morgan fingerprint density at radius 2 is 1.67 bits per heavy atom. The van der Waals surface area contributed by atoms with E-state index in [-0.39, 0.29) is 74.2 Å². The van der Waals surface area contributed by atoms with E-state index in [4.69, 9.17) is 41.0 Å². The molecule has 9 amide bonds. The maximum absolute atomic E-state index is 14.3. The predicted octanol–water partition coefficient (Wildman–Crippen LogP) is 4.80. The Kier molecular flexibility index (Phi) is 23.1. The van der Waals surface area contributed by atoms with Crippen LogP contribution in [0.15, 0.2) is 72.4 Å². The van der Waals surface area contributed by atoms with E-state index in [1.807, 2.05) is 44.0 Å². The van der Waals surface area contributed by atoms with Gasteiger partial charge in [-0.3, -0.25) is 39.0 Å². The van der Waals surface area contributed by atoms with Gasteiger partial charge in [-0.2, -0.15) is 0 Å². The lowest BCUT2D eigenvalue weighted by Gasteiger charge is -2.42. The predicted molar refractivity (Wildman–Crippen MR) is 315 cm³/mol. The van der Waals surface area contributed by atoms with Gasteiger partial charge >= 0.3 is 18.1 Å². The number of benzene rings is 2. The third-order valence-electron chi connectivity index (χ3n) is 15.9. The van der Waals surface area contributed by atoms with Crippen LogP contribution >= 0.6 is 11.6 Å². The van der Waals surface area contributed by atoms with Gasteiger partial charge in [0.15, 0.2) is 5.72 Å². The summed E-state index contributed by atoms with van der Waals surface area (Å²) in [5.41, 5.74) is 5.21. The summed E-state index contributed by atoms with van der Waals surface area (Å²) in [7, 11) is 6.27. The number of carbonyl (C=O) groups excluding carboxylic acids is 9. The van der Waals surface area contributed by atoms with Crippen LogP contribution in [0.1, 0.15) is 109 Å². The van der Waals surface area contributed by atoms with Crippen LogP contribution in [-0.4, -0.2) is 170 Å². The number of primary amides is 1. The summed E-state index contributed by atoms with van der Waals surface area (Å²) in [5.74, 6) is -4.14. The van der Waals surface area contributed by atoms with Crippen molar-refractivity contribution in [3.05, 3.63) is 88.5 Å². The summed E-state index contributed by atoms with van der Waals surface area (Å²) in [5, 5.41) is 25.6. The molecule has 2 aromatic rings. The second-order valence-electron chi connectivity index (χ2n) is 22.7. The van der Waals surface area contributed by atoms with Crippen molar-refractivity contribution in [3.8, 4) is 5.75 Å². The van der Waals surface area contributed by atoms with Crippen molar-refractivity contribution in [3.63, 3.8) is 0 Å². The number of hydrogen-bond acceptors (Lipinski definition) is 16. The molecular formula is C60H82ClN9O15. The second-order valence-corrected chi connectivity index (χ2v) is 23.1. The first-order chi connectivity index (χ1) is 40.2. The maximum atomic E-state index is 14.3. The molecule has 2 saturated heterocycles. The van der Waals surface area contributed by atoms with Crippen LogP contribution in [0.5, 0.6) is 5.75 Å². The number of unbranched alkanes of at least 4 members (excludes halogenated alkanes) is 2. The van der Waals surface area contributed by atoms with E-state index in [9.17, 15) is 48.3 Å². The van der Waals surface area contributed by atoms with Crippen LogP contribution in [0.25, 0.3) is 0 Å². The lowest BCUT2D eigenvalue weighted by Crippen LogP contribution is -2.63.